The minimum Gasteiger partial charge on any atom is -0.497 e. The van der Waals surface area contributed by atoms with E-state index in [2.05, 4.69) is 0 Å². The molecule has 0 unspecified atom stereocenters. The Kier molecular flexibility index (Phi) is 6.82. The Labute approximate surface area is 198 Å². The lowest BCUT2D eigenvalue weighted by Crippen LogP contribution is -2.37. The summed E-state index contributed by atoms with van der Waals surface area (Å²) in [6, 6.07) is 23.7. The van der Waals surface area contributed by atoms with Gasteiger partial charge in [0.25, 0.3) is 11.8 Å². The van der Waals surface area contributed by atoms with E-state index in [9.17, 15) is 9.59 Å². The summed E-state index contributed by atoms with van der Waals surface area (Å²) in [5.74, 6) is 1.31. The van der Waals surface area contributed by atoms with E-state index in [1.54, 1.807) is 74.7 Å². The van der Waals surface area contributed by atoms with Gasteiger partial charge in [-0.2, -0.15) is 0 Å². The van der Waals surface area contributed by atoms with Crippen LogP contribution in [0.2, 0.25) is 0 Å². The summed E-state index contributed by atoms with van der Waals surface area (Å²) >= 11 is 0. The van der Waals surface area contributed by atoms with Crippen LogP contribution in [-0.2, 0) is 9.59 Å². The molecule has 0 aromatic heterocycles. The molecule has 0 N–H and O–H groups in total. The Hall–Kier alpha value is -4.26. The largest absolute Gasteiger partial charge is 0.497 e. The second kappa shape index (κ2) is 10.1. The van der Waals surface area contributed by atoms with Crippen molar-refractivity contribution < 1.29 is 23.8 Å². The number of methoxy groups -OCH3 is 2. The Balaban J connectivity index is 1.59. The monoisotopic (exact) mass is 458 g/mol. The van der Waals surface area contributed by atoms with Gasteiger partial charge in [0.2, 0.25) is 0 Å². The molecule has 0 fully saturated rings. The Morgan fingerprint density at radius 2 is 1.29 bits per heavy atom. The van der Waals surface area contributed by atoms with Gasteiger partial charge < -0.3 is 19.1 Å². The molecule has 1 heterocycles. The molecule has 3 aromatic rings. The van der Waals surface area contributed by atoms with Crippen LogP contribution in [0.1, 0.15) is 5.56 Å². The third-order valence-corrected chi connectivity index (χ3v) is 5.64. The van der Waals surface area contributed by atoms with E-state index in [1.807, 2.05) is 30.3 Å². The van der Waals surface area contributed by atoms with Gasteiger partial charge >= 0.3 is 0 Å². The fourth-order valence-corrected chi connectivity index (χ4v) is 3.80. The molecule has 174 valence electrons. The maximum Gasteiger partial charge on any atom is 0.278 e. The summed E-state index contributed by atoms with van der Waals surface area (Å²) in [7, 11) is 4.96. The van der Waals surface area contributed by atoms with Crippen molar-refractivity contribution in [2.75, 3.05) is 39.3 Å². The molecule has 3 aromatic carbocycles. The molecule has 0 radical (unpaired) electrons. The van der Waals surface area contributed by atoms with Gasteiger partial charge in [0, 0.05) is 12.7 Å². The molecule has 0 spiro atoms. The second-order valence-electron chi connectivity index (χ2n) is 7.63. The standard InChI is InChI=1S/C27H26N2O5/c1-28(20-7-5-4-6-8-20)25-24(19-9-11-21(32-2)12-10-19)26(30)29(27(25)31)17-18-34-23-15-13-22(33-3)14-16-23/h4-16H,17-18H2,1-3H3. The number of carbonyl (C=O) groups excluding carboxylic acids is 2. The fourth-order valence-electron chi connectivity index (χ4n) is 3.80. The van der Waals surface area contributed by atoms with Crippen molar-refractivity contribution in [2.45, 2.75) is 0 Å². The van der Waals surface area contributed by atoms with E-state index >= 15 is 0 Å². The Bertz CT molecular complexity index is 1190. The number of imide groups is 1. The van der Waals surface area contributed by atoms with Gasteiger partial charge in [-0.1, -0.05) is 30.3 Å². The molecular weight excluding hydrogens is 432 g/mol. The number of likely N-dealkylation sites (N-methyl/N-ethyl adjacent to an activating group) is 1. The summed E-state index contributed by atoms with van der Waals surface area (Å²) in [5.41, 5.74) is 2.13. The molecule has 7 heteroatoms. The summed E-state index contributed by atoms with van der Waals surface area (Å²) in [6.07, 6.45) is 0. The van der Waals surface area contributed by atoms with Gasteiger partial charge in [-0.05, 0) is 54.1 Å². The topological polar surface area (TPSA) is 68.3 Å². The first-order valence-electron chi connectivity index (χ1n) is 10.8. The number of para-hydroxylation sites is 1. The first-order chi connectivity index (χ1) is 16.5. The van der Waals surface area contributed by atoms with Crippen molar-refractivity contribution in [3.63, 3.8) is 0 Å². The predicted molar refractivity (Wildman–Crippen MR) is 130 cm³/mol. The molecule has 0 aliphatic carbocycles. The molecule has 7 nitrogen and oxygen atoms in total. The molecule has 4 rings (SSSR count). The van der Waals surface area contributed by atoms with Gasteiger partial charge in [-0.25, -0.2) is 0 Å². The maximum atomic E-state index is 13.5. The summed E-state index contributed by atoms with van der Waals surface area (Å²) in [6.45, 7) is 0.289. The highest BCUT2D eigenvalue weighted by molar-refractivity contribution is 6.36. The number of hydrogen-bond donors (Lipinski definition) is 0. The van der Waals surface area contributed by atoms with Crippen molar-refractivity contribution >= 4 is 23.1 Å². The normalized spacial score (nSPS) is 13.3. The van der Waals surface area contributed by atoms with Crippen LogP contribution in [0.4, 0.5) is 5.69 Å². The second-order valence-corrected chi connectivity index (χ2v) is 7.63. The lowest BCUT2D eigenvalue weighted by atomic mass is 10.0. The van der Waals surface area contributed by atoms with Crippen LogP contribution in [-0.4, -0.2) is 51.1 Å². The van der Waals surface area contributed by atoms with E-state index in [0.717, 1.165) is 11.4 Å². The summed E-state index contributed by atoms with van der Waals surface area (Å²) in [4.78, 5) is 29.9. The number of rotatable bonds is 9. The van der Waals surface area contributed by atoms with E-state index < -0.39 is 0 Å². The van der Waals surface area contributed by atoms with Gasteiger partial charge in [0.1, 0.15) is 29.6 Å². The average molecular weight is 459 g/mol. The number of amides is 2. The number of nitrogens with zero attached hydrogens (tertiary/aromatic N) is 2. The Morgan fingerprint density at radius 3 is 1.88 bits per heavy atom. The third-order valence-electron chi connectivity index (χ3n) is 5.64. The highest BCUT2D eigenvalue weighted by Crippen LogP contribution is 2.34. The molecule has 34 heavy (non-hydrogen) atoms. The van der Waals surface area contributed by atoms with Crippen LogP contribution >= 0.6 is 0 Å². The number of anilines is 1. The van der Waals surface area contributed by atoms with Crippen LogP contribution in [0.3, 0.4) is 0 Å². The first kappa shape index (κ1) is 22.9. The maximum absolute atomic E-state index is 13.5. The van der Waals surface area contributed by atoms with Crippen LogP contribution in [0.5, 0.6) is 17.2 Å². The zero-order valence-electron chi connectivity index (χ0n) is 19.4. The van der Waals surface area contributed by atoms with E-state index in [-0.39, 0.29) is 25.0 Å². The van der Waals surface area contributed by atoms with Crippen LogP contribution in [0.15, 0.2) is 84.6 Å². The number of benzene rings is 3. The van der Waals surface area contributed by atoms with Crippen molar-refractivity contribution in [3.05, 3.63) is 90.1 Å². The van der Waals surface area contributed by atoms with E-state index in [1.165, 1.54) is 4.90 Å². The molecule has 0 saturated heterocycles. The number of ether oxygens (including phenoxy) is 3. The molecule has 0 saturated carbocycles. The lowest BCUT2D eigenvalue weighted by molar-refractivity contribution is -0.137. The van der Waals surface area contributed by atoms with E-state index in [0.29, 0.717) is 28.3 Å². The van der Waals surface area contributed by atoms with Gasteiger partial charge in [-0.3, -0.25) is 14.5 Å². The number of hydrogen-bond acceptors (Lipinski definition) is 6. The molecule has 2 amide bonds. The molecule has 0 atom stereocenters. The van der Waals surface area contributed by atoms with Crippen LogP contribution in [0, 0.1) is 0 Å². The lowest BCUT2D eigenvalue weighted by Gasteiger charge is -2.21. The molecule has 1 aliphatic heterocycles. The zero-order chi connectivity index (χ0) is 24.1. The summed E-state index contributed by atoms with van der Waals surface area (Å²) in [5, 5.41) is 0. The van der Waals surface area contributed by atoms with Crippen LogP contribution < -0.4 is 19.1 Å². The quantitative estimate of drug-likeness (QED) is 0.452. The molecule has 1 aliphatic rings. The van der Waals surface area contributed by atoms with Crippen molar-refractivity contribution in [1.29, 1.82) is 0 Å². The minimum absolute atomic E-state index is 0.121. The SMILES string of the molecule is COc1ccc(OCCN2C(=O)C(c3ccc(OC)cc3)=C(N(C)c3ccccc3)C2=O)cc1. The van der Waals surface area contributed by atoms with Gasteiger partial charge in [-0.15, -0.1) is 0 Å². The van der Waals surface area contributed by atoms with Crippen molar-refractivity contribution in [3.8, 4) is 17.2 Å². The minimum atomic E-state index is -0.361. The smallest absolute Gasteiger partial charge is 0.278 e. The molecular formula is C27H26N2O5. The highest BCUT2D eigenvalue weighted by atomic mass is 16.5. The van der Waals surface area contributed by atoms with Crippen molar-refractivity contribution in [1.82, 2.24) is 4.90 Å². The highest BCUT2D eigenvalue weighted by Gasteiger charge is 2.41. The van der Waals surface area contributed by atoms with Crippen molar-refractivity contribution in [2.24, 2.45) is 0 Å². The third kappa shape index (κ3) is 4.59. The fraction of sp³-hybridized carbons (Fsp3) is 0.185. The first-order valence-corrected chi connectivity index (χ1v) is 10.8. The average Bonchev–Trinajstić information content (AvgIpc) is 3.14. The molecule has 0 bridgehead atoms. The summed E-state index contributed by atoms with van der Waals surface area (Å²) < 4.78 is 16.2. The number of carbonyl (C=O) groups is 2. The Morgan fingerprint density at radius 1 is 0.735 bits per heavy atom. The predicted octanol–water partition coefficient (Wildman–Crippen LogP) is 4.00. The van der Waals surface area contributed by atoms with E-state index in [4.69, 9.17) is 14.2 Å². The van der Waals surface area contributed by atoms with Gasteiger partial charge in [0.15, 0.2) is 0 Å². The van der Waals surface area contributed by atoms with Crippen LogP contribution in [0.25, 0.3) is 5.57 Å². The zero-order valence-corrected chi connectivity index (χ0v) is 19.4. The van der Waals surface area contributed by atoms with Gasteiger partial charge in [0.05, 0.1) is 26.3 Å².